The van der Waals surface area contributed by atoms with Crippen LogP contribution in [0.4, 0.5) is 0 Å². The Balaban J connectivity index is 2.33. The van der Waals surface area contributed by atoms with Gasteiger partial charge in [-0.15, -0.1) is 0 Å². The van der Waals surface area contributed by atoms with Gasteiger partial charge >= 0.3 is 0 Å². The summed E-state index contributed by atoms with van der Waals surface area (Å²) >= 11 is 0. The molecule has 0 aromatic carbocycles. The van der Waals surface area contributed by atoms with Gasteiger partial charge in [0.05, 0.1) is 18.3 Å². The Hall–Kier alpha value is -0.200. The molecule has 21 heavy (non-hydrogen) atoms. The van der Waals surface area contributed by atoms with Gasteiger partial charge in [-0.05, 0) is 43.9 Å². The number of hydrogen-bond acceptors (Lipinski definition) is 5. The maximum absolute atomic E-state index is 11.0. The van der Waals surface area contributed by atoms with E-state index in [-0.39, 0.29) is 36.1 Å². The SMILES string of the molecule is CC1CC(O)C(C)C(C)C2CCOC(C)C(O)(C1)C(N)O2. The molecule has 2 rings (SSSR count). The standard InChI is InChI=1S/C16H31NO4/c1-9-7-13(18)10(2)11(3)14-5-6-20-12(4)16(19,8-9)15(17)21-14/h9-15,18-19H,5-8,17H2,1-4H3. The van der Waals surface area contributed by atoms with Gasteiger partial charge in [0.1, 0.15) is 11.8 Å². The molecule has 2 bridgehead atoms. The van der Waals surface area contributed by atoms with Crippen molar-refractivity contribution in [1.82, 2.24) is 0 Å². The summed E-state index contributed by atoms with van der Waals surface area (Å²) < 4.78 is 11.8. The van der Waals surface area contributed by atoms with Crippen LogP contribution in [-0.4, -0.2) is 47.0 Å². The van der Waals surface area contributed by atoms with Gasteiger partial charge in [-0.3, -0.25) is 0 Å². The van der Waals surface area contributed by atoms with E-state index in [9.17, 15) is 10.2 Å². The van der Waals surface area contributed by atoms with Crippen LogP contribution in [0.15, 0.2) is 0 Å². The van der Waals surface area contributed by atoms with Gasteiger partial charge < -0.3 is 25.4 Å². The molecule has 2 aliphatic heterocycles. The first kappa shape index (κ1) is 17.2. The first-order valence-corrected chi connectivity index (χ1v) is 8.18. The van der Waals surface area contributed by atoms with Crippen LogP contribution in [0.5, 0.6) is 0 Å². The average molecular weight is 301 g/mol. The minimum atomic E-state index is -1.21. The van der Waals surface area contributed by atoms with Gasteiger partial charge in [0, 0.05) is 6.61 Å². The van der Waals surface area contributed by atoms with E-state index in [2.05, 4.69) is 13.8 Å². The molecule has 5 heteroatoms. The van der Waals surface area contributed by atoms with Gasteiger partial charge in [-0.2, -0.15) is 0 Å². The number of ether oxygens (including phenoxy) is 2. The van der Waals surface area contributed by atoms with Gasteiger partial charge in [0.25, 0.3) is 0 Å². The van der Waals surface area contributed by atoms with Crippen molar-refractivity contribution in [3.05, 3.63) is 0 Å². The molecule has 0 aliphatic carbocycles. The summed E-state index contributed by atoms with van der Waals surface area (Å²) in [4.78, 5) is 0. The highest BCUT2D eigenvalue weighted by Crippen LogP contribution is 2.36. The van der Waals surface area contributed by atoms with Crippen LogP contribution in [0.1, 0.15) is 47.0 Å². The highest BCUT2D eigenvalue weighted by atomic mass is 16.6. The van der Waals surface area contributed by atoms with E-state index in [1.54, 1.807) is 0 Å². The zero-order valence-corrected chi connectivity index (χ0v) is 13.7. The van der Waals surface area contributed by atoms with E-state index in [4.69, 9.17) is 15.2 Å². The van der Waals surface area contributed by atoms with Crippen molar-refractivity contribution < 1.29 is 19.7 Å². The van der Waals surface area contributed by atoms with E-state index in [0.717, 1.165) is 6.42 Å². The minimum absolute atomic E-state index is 0.0999. The van der Waals surface area contributed by atoms with Crippen LogP contribution in [0.25, 0.3) is 0 Å². The van der Waals surface area contributed by atoms with Crippen LogP contribution < -0.4 is 5.73 Å². The molecule has 0 spiro atoms. The molecular weight excluding hydrogens is 270 g/mol. The third kappa shape index (κ3) is 3.42. The Morgan fingerprint density at radius 3 is 2.48 bits per heavy atom. The van der Waals surface area contributed by atoms with Gasteiger partial charge in [0.2, 0.25) is 0 Å². The molecule has 2 heterocycles. The Kier molecular flexibility index (Phi) is 5.31. The maximum atomic E-state index is 11.0. The molecule has 2 fully saturated rings. The molecule has 8 atom stereocenters. The number of fused-ring (bicyclic) bond motifs is 3. The number of aliphatic hydroxyl groups excluding tert-OH is 1. The van der Waals surface area contributed by atoms with Crippen molar-refractivity contribution in [3.8, 4) is 0 Å². The van der Waals surface area contributed by atoms with Gasteiger partial charge in [-0.1, -0.05) is 20.8 Å². The number of hydrogen-bond donors (Lipinski definition) is 3. The Labute approximate surface area is 127 Å². The van der Waals surface area contributed by atoms with Crippen LogP contribution in [-0.2, 0) is 9.47 Å². The smallest absolute Gasteiger partial charge is 0.137 e. The fourth-order valence-electron chi connectivity index (χ4n) is 3.74. The molecule has 2 aliphatic rings. The molecule has 0 amide bonds. The minimum Gasteiger partial charge on any atom is -0.393 e. The Bertz CT molecular complexity index is 353. The largest absolute Gasteiger partial charge is 0.393 e. The molecule has 0 saturated carbocycles. The number of nitrogens with two attached hydrogens (primary N) is 1. The summed E-state index contributed by atoms with van der Waals surface area (Å²) in [5.41, 5.74) is 4.98. The van der Waals surface area contributed by atoms with E-state index in [1.165, 1.54) is 0 Å². The van der Waals surface area contributed by atoms with Gasteiger partial charge in [-0.25, -0.2) is 0 Å². The van der Waals surface area contributed by atoms with E-state index >= 15 is 0 Å². The molecule has 8 unspecified atom stereocenters. The fourth-order valence-corrected chi connectivity index (χ4v) is 3.74. The zero-order chi connectivity index (χ0) is 15.8. The van der Waals surface area contributed by atoms with Crippen molar-refractivity contribution in [3.63, 3.8) is 0 Å². The van der Waals surface area contributed by atoms with Crippen molar-refractivity contribution >= 4 is 0 Å². The maximum Gasteiger partial charge on any atom is 0.137 e. The second-order valence-electron chi connectivity index (χ2n) is 7.22. The second kappa shape index (κ2) is 6.50. The van der Waals surface area contributed by atoms with E-state index < -0.39 is 11.8 Å². The molecule has 0 aromatic heterocycles. The second-order valence-corrected chi connectivity index (χ2v) is 7.22. The molecule has 2 saturated heterocycles. The lowest BCUT2D eigenvalue weighted by Crippen LogP contribution is -2.61. The fraction of sp³-hybridized carbons (Fsp3) is 1.00. The van der Waals surface area contributed by atoms with Crippen LogP contribution >= 0.6 is 0 Å². The quantitative estimate of drug-likeness (QED) is 0.627. The Morgan fingerprint density at radius 2 is 1.81 bits per heavy atom. The third-order valence-electron chi connectivity index (χ3n) is 5.63. The molecule has 5 nitrogen and oxygen atoms in total. The van der Waals surface area contributed by atoms with Crippen LogP contribution in [0.3, 0.4) is 0 Å². The lowest BCUT2D eigenvalue weighted by molar-refractivity contribution is -0.230. The highest BCUT2D eigenvalue weighted by molar-refractivity contribution is 4.95. The summed E-state index contributed by atoms with van der Waals surface area (Å²) in [6.45, 7) is 8.58. The average Bonchev–Trinajstić information content (AvgIpc) is 2.41. The van der Waals surface area contributed by atoms with E-state index in [1.807, 2.05) is 13.8 Å². The van der Waals surface area contributed by atoms with Crippen molar-refractivity contribution in [2.45, 2.75) is 77.1 Å². The van der Waals surface area contributed by atoms with E-state index in [0.29, 0.717) is 19.4 Å². The number of rotatable bonds is 0. The summed E-state index contributed by atoms with van der Waals surface area (Å²) in [5, 5.41) is 21.5. The van der Waals surface area contributed by atoms with Crippen molar-refractivity contribution in [2.24, 2.45) is 23.5 Å². The van der Waals surface area contributed by atoms with Crippen molar-refractivity contribution in [1.29, 1.82) is 0 Å². The first-order valence-electron chi connectivity index (χ1n) is 8.18. The zero-order valence-electron chi connectivity index (χ0n) is 13.7. The van der Waals surface area contributed by atoms with Crippen LogP contribution in [0, 0.1) is 17.8 Å². The molecule has 0 radical (unpaired) electrons. The summed E-state index contributed by atoms with van der Waals surface area (Å²) in [5.74, 6) is 0.446. The summed E-state index contributed by atoms with van der Waals surface area (Å²) in [7, 11) is 0. The van der Waals surface area contributed by atoms with Crippen LogP contribution in [0.2, 0.25) is 0 Å². The highest BCUT2D eigenvalue weighted by Gasteiger charge is 2.47. The Morgan fingerprint density at radius 1 is 1.14 bits per heavy atom. The molecular formula is C16H31NO4. The van der Waals surface area contributed by atoms with Crippen molar-refractivity contribution in [2.75, 3.05) is 6.61 Å². The predicted octanol–water partition coefficient (Wildman–Crippen LogP) is 1.26. The predicted molar refractivity (Wildman–Crippen MR) is 80.6 cm³/mol. The molecule has 0 aromatic rings. The molecule has 4 N–H and O–H groups in total. The third-order valence-corrected chi connectivity index (χ3v) is 5.63. The lowest BCUT2D eigenvalue weighted by Gasteiger charge is -2.46. The number of aliphatic hydroxyl groups is 2. The summed E-state index contributed by atoms with van der Waals surface area (Å²) in [6.07, 6.45) is 0.264. The molecule has 124 valence electrons. The lowest BCUT2D eigenvalue weighted by atomic mass is 9.77. The topological polar surface area (TPSA) is 84.9 Å². The monoisotopic (exact) mass is 301 g/mol. The summed E-state index contributed by atoms with van der Waals surface area (Å²) in [6, 6.07) is 0. The van der Waals surface area contributed by atoms with Gasteiger partial charge in [0.15, 0.2) is 0 Å². The first-order chi connectivity index (χ1) is 9.75. The normalized spacial score (nSPS) is 53.0.